The van der Waals surface area contributed by atoms with Crippen molar-refractivity contribution in [1.82, 2.24) is 10.2 Å². The predicted molar refractivity (Wildman–Crippen MR) is 72.0 cm³/mol. The van der Waals surface area contributed by atoms with Crippen LogP contribution in [0.4, 0.5) is 0 Å². The molecule has 1 aliphatic heterocycles. The van der Waals surface area contributed by atoms with Gasteiger partial charge in [-0.05, 0) is 11.3 Å². The van der Waals surface area contributed by atoms with Gasteiger partial charge in [-0.15, -0.1) is 0 Å². The van der Waals surface area contributed by atoms with Crippen molar-refractivity contribution >= 4 is 11.8 Å². The van der Waals surface area contributed by atoms with E-state index in [0.717, 1.165) is 12.8 Å². The van der Waals surface area contributed by atoms with Gasteiger partial charge in [0.25, 0.3) is 0 Å². The molecule has 0 aliphatic carbocycles. The zero-order valence-electron chi connectivity index (χ0n) is 12.2. The van der Waals surface area contributed by atoms with E-state index in [1.807, 2.05) is 20.8 Å². The van der Waals surface area contributed by atoms with Gasteiger partial charge in [-0.2, -0.15) is 0 Å². The Morgan fingerprint density at radius 3 is 2.28 bits per heavy atom. The molecule has 4 nitrogen and oxygen atoms in total. The fourth-order valence-corrected chi connectivity index (χ4v) is 2.30. The number of nitrogens with zero attached hydrogens (tertiary/aromatic N) is 1. The van der Waals surface area contributed by atoms with Crippen LogP contribution in [-0.2, 0) is 9.59 Å². The van der Waals surface area contributed by atoms with Crippen molar-refractivity contribution in [3.05, 3.63) is 0 Å². The predicted octanol–water partition coefficient (Wildman–Crippen LogP) is 1.80. The molecule has 0 aromatic rings. The average Bonchev–Trinajstić information content (AvgIpc) is 2.28. The Kier molecular flexibility index (Phi) is 4.77. The minimum atomic E-state index is -0.395. The van der Waals surface area contributed by atoms with Crippen molar-refractivity contribution in [3.8, 4) is 0 Å². The second-order valence-electron chi connectivity index (χ2n) is 6.27. The molecule has 4 heteroatoms. The molecule has 1 unspecified atom stereocenters. The molecule has 0 spiro atoms. The molecule has 0 aromatic heterocycles. The number of piperazine rings is 1. The SMILES string of the molecule is CCC(CC)CN1CC(=O)NC(C(C)(C)C)C1=O. The van der Waals surface area contributed by atoms with Crippen molar-refractivity contribution in [1.29, 1.82) is 0 Å². The van der Waals surface area contributed by atoms with Crippen molar-refractivity contribution in [2.45, 2.75) is 53.5 Å². The second kappa shape index (κ2) is 5.72. The highest BCUT2D eigenvalue weighted by Crippen LogP contribution is 2.24. The van der Waals surface area contributed by atoms with Gasteiger partial charge < -0.3 is 10.2 Å². The topological polar surface area (TPSA) is 49.4 Å². The van der Waals surface area contributed by atoms with Crippen LogP contribution in [0, 0.1) is 11.3 Å². The third-order valence-corrected chi connectivity index (χ3v) is 3.70. The number of carbonyl (C=O) groups is 2. The minimum Gasteiger partial charge on any atom is -0.342 e. The Balaban J connectivity index is 2.80. The van der Waals surface area contributed by atoms with Crippen LogP contribution in [-0.4, -0.2) is 35.8 Å². The summed E-state index contributed by atoms with van der Waals surface area (Å²) in [5, 5.41) is 2.82. The Bertz CT molecular complexity index is 316. The monoisotopic (exact) mass is 254 g/mol. The molecule has 0 aromatic carbocycles. The highest BCUT2D eigenvalue weighted by Gasteiger charge is 2.40. The van der Waals surface area contributed by atoms with Gasteiger partial charge in [0.15, 0.2) is 0 Å². The van der Waals surface area contributed by atoms with Gasteiger partial charge in [-0.3, -0.25) is 9.59 Å². The standard InChI is InChI=1S/C14H26N2O2/c1-6-10(7-2)8-16-9-11(17)15-12(13(16)18)14(3,4)5/h10,12H,6-9H2,1-5H3,(H,15,17). The first-order chi connectivity index (χ1) is 8.29. The molecule has 0 saturated carbocycles. The van der Waals surface area contributed by atoms with Gasteiger partial charge in [-0.1, -0.05) is 47.5 Å². The number of amides is 2. The van der Waals surface area contributed by atoms with Crippen LogP contribution in [0.1, 0.15) is 47.5 Å². The van der Waals surface area contributed by atoms with E-state index in [1.165, 1.54) is 0 Å². The zero-order chi connectivity index (χ0) is 13.9. The number of hydrogen-bond donors (Lipinski definition) is 1. The summed E-state index contributed by atoms with van der Waals surface area (Å²) in [7, 11) is 0. The van der Waals surface area contributed by atoms with E-state index in [0.29, 0.717) is 12.5 Å². The Hall–Kier alpha value is -1.06. The molecule has 1 heterocycles. The van der Waals surface area contributed by atoms with E-state index in [1.54, 1.807) is 4.90 Å². The normalized spacial score (nSPS) is 21.4. The van der Waals surface area contributed by atoms with Crippen molar-refractivity contribution in [3.63, 3.8) is 0 Å². The largest absolute Gasteiger partial charge is 0.342 e. The summed E-state index contributed by atoms with van der Waals surface area (Å²) >= 11 is 0. The maximum absolute atomic E-state index is 12.4. The zero-order valence-corrected chi connectivity index (χ0v) is 12.2. The van der Waals surface area contributed by atoms with Crippen LogP contribution in [0.5, 0.6) is 0 Å². The molecule has 18 heavy (non-hydrogen) atoms. The van der Waals surface area contributed by atoms with Crippen LogP contribution in [0.15, 0.2) is 0 Å². The summed E-state index contributed by atoms with van der Waals surface area (Å²) in [6, 6.07) is -0.395. The maximum Gasteiger partial charge on any atom is 0.246 e. The lowest BCUT2D eigenvalue weighted by Gasteiger charge is -2.40. The van der Waals surface area contributed by atoms with Gasteiger partial charge in [-0.25, -0.2) is 0 Å². The summed E-state index contributed by atoms with van der Waals surface area (Å²) < 4.78 is 0. The van der Waals surface area contributed by atoms with Crippen molar-refractivity contribution in [2.75, 3.05) is 13.1 Å². The summed E-state index contributed by atoms with van der Waals surface area (Å²) in [5.74, 6) is 0.509. The van der Waals surface area contributed by atoms with Crippen LogP contribution < -0.4 is 5.32 Å². The number of hydrogen-bond acceptors (Lipinski definition) is 2. The molecule has 1 saturated heterocycles. The smallest absolute Gasteiger partial charge is 0.246 e. The third kappa shape index (κ3) is 3.47. The maximum atomic E-state index is 12.4. The molecule has 104 valence electrons. The van der Waals surface area contributed by atoms with Crippen LogP contribution in [0.3, 0.4) is 0 Å². The van der Waals surface area contributed by atoms with Crippen LogP contribution in [0.25, 0.3) is 0 Å². The highest BCUT2D eigenvalue weighted by atomic mass is 16.2. The first-order valence-corrected chi connectivity index (χ1v) is 6.87. The fourth-order valence-electron chi connectivity index (χ4n) is 2.30. The van der Waals surface area contributed by atoms with Gasteiger partial charge in [0, 0.05) is 6.54 Å². The molecular weight excluding hydrogens is 228 g/mol. The number of carbonyl (C=O) groups excluding carboxylic acids is 2. The molecule has 1 aliphatic rings. The van der Waals surface area contributed by atoms with Crippen LogP contribution in [0.2, 0.25) is 0 Å². The van der Waals surface area contributed by atoms with E-state index in [9.17, 15) is 9.59 Å². The summed E-state index contributed by atoms with van der Waals surface area (Å²) in [5.41, 5.74) is -0.237. The first kappa shape index (κ1) is 15.0. The van der Waals surface area contributed by atoms with Crippen molar-refractivity contribution < 1.29 is 9.59 Å². The van der Waals surface area contributed by atoms with Gasteiger partial charge in [0.2, 0.25) is 11.8 Å². The minimum absolute atomic E-state index is 0.0412. The number of rotatable bonds is 4. The van der Waals surface area contributed by atoms with Gasteiger partial charge >= 0.3 is 0 Å². The van der Waals surface area contributed by atoms with E-state index in [4.69, 9.17) is 0 Å². The van der Waals surface area contributed by atoms with E-state index in [2.05, 4.69) is 19.2 Å². The molecular formula is C14H26N2O2. The molecule has 0 bridgehead atoms. The molecule has 2 amide bonds. The Morgan fingerprint density at radius 2 is 1.83 bits per heavy atom. The lowest BCUT2D eigenvalue weighted by atomic mass is 9.84. The molecule has 1 N–H and O–H groups in total. The van der Waals surface area contributed by atoms with Gasteiger partial charge in [0.05, 0.1) is 6.54 Å². The molecule has 1 rings (SSSR count). The second-order valence-corrected chi connectivity index (χ2v) is 6.27. The summed E-state index contributed by atoms with van der Waals surface area (Å²) in [6.45, 7) is 11.1. The van der Waals surface area contributed by atoms with Gasteiger partial charge in [0.1, 0.15) is 6.04 Å². The fraction of sp³-hybridized carbons (Fsp3) is 0.857. The number of nitrogens with one attached hydrogen (secondary N) is 1. The van der Waals surface area contributed by atoms with Crippen LogP contribution >= 0.6 is 0 Å². The Labute approximate surface area is 110 Å². The summed E-state index contributed by atoms with van der Waals surface area (Å²) in [4.78, 5) is 25.9. The van der Waals surface area contributed by atoms with E-state index < -0.39 is 6.04 Å². The average molecular weight is 254 g/mol. The molecule has 1 atom stereocenters. The third-order valence-electron chi connectivity index (χ3n) is 3.70. The quantitative estimate of drug-likeness (QED) is 0.831. The summed E-state index contributed by atoms with van der Waals surface area (Å²) in [6.07, 6.45) is 2.09. The van der Waals surface area contributed by atoms with E-state index in [-0.39, 0.29) is 23.8 Å². The van der Waals surface area contributed by atoms with E-state index >= 15 is 0 Å². The lowest BCUT2D eigenvalue weighted by Crippen LogP contribution is -2.62. The highest BCUT2D eigenvalue weighted by molar-refractivity contribution is 5.95. The first-order valence-electron chi connectivity index (χ1n) is 6.87. The van der Waals surface area contributed by atoms with Crippen molar-refractivity contribution in [2.24, 2.45) is 11.3 Å². The lowest BCUT2D eigenvalue weighted by molar-refractivity contribution is -0.148. The molecule has 0 radical (unpaired) electrons. The molecule has 1 fully saturated rings. The Morgan fingerprint density at radius 1 is 1.28 bits per heavy atom.